The number of alkyl halides is 3. The van der Waals surface area contributed by atoms with Crippen LogP contribution in [0.2, 0.25) is 0 Å². The van der Waals surface area contributed by atoms with E-state index in [1.807, 2.05) is 23.1 Å². The topological polar surface area (TPSA) is 41.6 Å². The molecule has 0 saturated heterocycles. The molecule has 4 nitrogen and oxygen atoms in total. The number of rotatable bonds is 4. The second kappa shape index (κ2) is 7.11. The number of halogens is 3. The number of anilines is 2. The fourth-order valence-electron chi connectivity index (χ4n) is 2.77. The molecular weight excluding hydrogens is 345 g/mol. The van der Waals surface area contributed by atoms with Crippen molar-refractivity contribution in [2.24, 2.45) is 0 Å². The van der Waals surface area contributed by atoms with Crippen molar-refractivity contribution in [2.75, 3.05) is 18.0 Å². The van der Waals surface area contributed by atoms with Gasteiger partial charge in [-0.05, 0) is 42.5 Å². The van der Waals surface area contributed by atoms with Gasteiger partial charge in [0, 0.05) is 5.69 Å². The van der Waals surface area contributed by atoms with Crippen LogP contribution in [0.5, 0.6) is 5.75 Å². The maximum Gasteiger partial charge on any atom is 0.416 e. The molecule has 0 radical (unpaired) electrons. The van der Waals surface area contributed by atoms with Crippen LogP contribution in [-0.2, 0) is 11.0 Å². The largest absolute Gasteiger partial charge is 0.485 e. The average Bonchev–Trinajstić information content (AvgIpc) is 2.64. The summed E-state index contributed by atoms with van der Waals surface area (Å²) in [5.74, 6) is 0.296. The number of ether oxygens (including phenoxy) is 1. The molecule has 0 fully saturated rings. The zero-order valence-electron chi connectivity index (χ0n) is 13.8. The number of fused-ring (bicyclic) bond motifs is 1. The molecule has 7 heteroatoms. The van der Waals surface area contributed by atoms with Crippen LogP contribution in [0, 0.1) is 0 Å². The van der Waals surface area contributed by atoms with Gasteiger partial charge in [0.2, 0.25) is 5.91 Å². The number of nitrogens with one attached hydrogen (secondary N) is 1. The summed E-state index contributed by atoms with van der Waals surface area (Å²) in [6.45, 7) is 4.04. The molecule has 26 heavy (non-hydrogen) atoms. The Morgan fingerprint density at radius 3 is 2.58 bits per heavy atom. The Morgan fingerprint density at radius 1 is 1.23 bits per heavy atom. The Kier molecular flexibility index (Phi) is 4.88. The molecule has 0 aromatic heterocycles. The van der Waals surface area contributed by atoms with Crippen LogP contribution < -0.4 is 15.0 Å². The molecule has 0 aliphatic carbocycles. The summed E-state index contributed by atoms with van der Waals surface area (Å²) in [6, 6.07) is 12.3. The number of hydrogen-bond donors (Lipinski definition) is 1. The third-order valence-electron chi connectivity index (χ3n) is 4.03. The number of nitrogens with zero attached hydrogens (tertiary/aromatic N) is 1. The molecule has 1 aliphatic rings. The highest BCUT2D eigenvalue weighted by atomic mass is 19.4. The van der Waals surface area contributed by atoms with E-state index in [-0.39, 0.29) is 18.6 Å². The standard InChI is InChI=1S/C19H17F3N2O2/c1-2-18(25)23-11-15-12-24(16-5-3-4-6-17(16)26-15)14-9-7-13(8-10-14)19(20,21)22/h2-10,15H,1,11-12H2,(H,23,25)/t15-/m0/s1. The zero-order valence-corrected chi connectivity index (χ0v) is 13.8. The lowest BCUT2D eigenvalue weighted by Crippen LogP contribution is -2.44. The Labute approximate surface area is 148 Å². The number of amides is 1. The fraction of sp³-hybridized carbons (Fsp3) is 0.211. The van der Waals surface area contributed by atoms with Crippen molar-refractivity contribution in [1.82, 2.24) is 5.32 Å². The van der Waals surface area contributed by atoms with Crippen LogP contribution in [-0.4, -0.2) is 25.1 Å². The molecule has 1 atom stereocenters. The van der Waals surface area contributed by atoms with Gasteiger partial charge in [0.05, 0.1) is 24.3 Å². The smallest absolute Gasteiger partial charge is 0.416 e. The molecule has 1 N–H and O–H groups in total. The first-order valence-corrected chi connectivity index (χ1v) is 7.99. The SMILES string of the molecule is C=CC(=O)NC[C@H]1CN(c2ccc(C(F)(F)F)cc2)c2ccccc2O1. The average molecular weight is 362 g/mol. The van der Waals surface area contributed by atoms with Gasteiger partial charge >= 0.3 is 6.18 Å². The molecule has 0 unspecified atom stereocenters. The van der Waals surface area contributed by atoms with E-state index in [9.17, 15) is 18.0 Å². The third-order valence-corrected chi connectivity index (χ3v) is 4.03. The van der Waals surface area contributed by atoms with E-state index >= 15 is 0 Å². The molecule has 0 saturated carbocycles. The number of benzene rings is 2. The van der Waals surface area contributed by atoms with Crippen LogP contribution in [0.1, 0.15) is 5.56 Å². The van der Waals surface area contributed by atoms with Crippen molar-refractivity contribution in [1.29, 1.82) is 0 Å². The third kappa shape index (κ3) is 3.82. The number of carbonyl (C=O) groups is 1. The monoisotopic (exact) mass is 362 g/mol. The second-order valence-electron chi connectivity index (χ2n) is 5.81. The van der Waals surface area contributed by atoms with E-state index < -0.39 is 11.7 Å². The van der Waals surface area contributed by atoms with Crippen LogP contribution >= 0.6 is 0 Å². The van der Waals surface area contributed by atoms with Gasteiger partial charge in [-0.1, -0.05) is 18.7 Å². The maximum atomic E-state index is 12.8. The van der Waals surface area contributed by atoms with Crippen LogP contribution in [0.3, 0.4) is 0 Å². The summed E-state index contributed by atoms with van der Waals surface area (Å²) in [7, 11) is 0. The van der Waals surface area contributed by atoms with Gasteiger partial charge in [-0.3, -0.25) is 4.79 Å². The van der Waals surface area contributed by atoms with E-state index in [2.05, 4.69) is 11.9 Å². The minimum absolute atomic E-state index is 0.260. The summed E-state index contributed by atoms with van der Waals surface area (Å²) in [6.07, 6.45) is -3.56. The van der Waals surface area contributed by atoms with E-state index in [4.69, 9.17) is 4.74 Å². The lowest BCUT2D eigenvalue weighted by atomic mass is 10.1. The first kappa shape index (κ1) is 17.8. The Morgan fingerprint density at radius 2 is 1.92 bits per heavy atom. The Balaban J connectivity index is 1.87. The number of hydrogen-bond acceptors (Lipinski definition) is 3. The molecule has 0 spiro atoms. The van der Waals surface area contributed by atoms with Gasteiger partial charge < -0.3 is 15.0 Å². The molecule has 136 valence electrons. The Bertz CT molecular complexity index is 803. The van der Waals surface area contributed by atoms with Crippen LogP contribution in [0.25, 0.3) is 0 Å². The van der Waals surface area contributed by atoms with Crippen molar-refractivity contribution >= 4 is 17.3 Å². The maximum absolute atomic E-state index is 12.8. The van der Waals surface area contributed by atoms with E-state index in [1.54, 1.807) is 6.07 Å². The quantitative estimate of drug-likeness (QED) is 0.839. The van der Waals surface area contributed by atoms with Gasteiger partial charge in [-0.15, -0.1) is 0 Å². The van der Waals surface area contributed by atoms with Gasteiger partial charge in [0.1, 0.15) is 11.9 Å². The van der Waals surface area contributed by atoms with Crippen molar-refractivity contribution in [2.45, 2.75) is 12.3 Å². The first-order valence-electron chi connectivity index (χ1n) is 7.99. The van der Waals surface area contributed by atoms with Gasteiger partial charge in [0.15, 0.2) is 0 Å². The van der Waals surface area contributed by atoms with Crippen molar-refractivity contribution in [3.63, 3.8) is 0 Å². The van der Waals surface area contributed by atoms with Gasteiger partial charge in [-0.25, -0.2) is 0 Å². The van der Waals surface area contributed by atoms with Crippen molar-refractivity contribution < 1.29 is 22.7 Å². The van der Waals surface area contributed by atoms with Crippen LogP contribution in [0.4, 0.5) is 24.5 Å². The second-order valence-corrected chi connectivity index (χ2v) is 5.81. The molecule has 1 amide bonds. The number of para-hydroxylation sites is 2. The summed E-state index contributed by atoms with van der Waals surface area (Å²) in [5, 5.41) is 2.68. The summed E-state index contributed by atoms with van der Waals surface area (Å²) >= 11 is 0. The highest BCUT2D eigenvalue weighted by Gasteiger charge is 2.31. The molecule has 2 aromatic carbocycles. The molecule has 1 aliphatic heterocycles. The summed E-state index contributed by atoms with van der Waals surface area (Å²) in [4.78, 5) is 13.3. The van der Waals surface area contributed by atoms with Gasteiger partial charge in [0.25, 0.3) is 0 Å². The van der Waals surface area contributed by atoms with Crippen molar-refractivity contribution in [3.05, 3.63) is 66.7 Å². The molecular formula is C19H17F3N2O2. The minimum atomic E-state index is -4.38. The summed E-state index contributed by atoms with van der Waals surface area (Å²) < 4.78 is 44.3. The van der Waals surface area contributed by atoms with E-state index in [1.165, 1.54) is 18.2 Å². The summed E-state index contributed by atoms with van der Waals surface area (Å²) in [5.41, 5.74) is 0.685. The van der Waals surface area contributed by atoms with Crippen LogP contribution in [0.15, 0.2) is 61.2 Å². The lowest BCUT2D eigenvalue weighted by molar-refractivity contribution is -0.137. The van der Waals surface area contributed by atoms with Gasteiger partial charge in [-0.2, -0.15) is 13.2 Å². The van der Waals surface area contributed by atoms with Crippen molar-refractivity contribution in [3.8, 4) is 5.75 Å². The normalized spacial score (nSPS) is 16.4. The number of carbonyl (C=O) groups excluding carboxylic acids is 1. The molecule has 0 bridgehead atoms. The minimum Gasteiger partial charge on any atom is -0.485 e. The van der Waals surface area contributed by atoms with E-state index in [0.29, 0.717) is 18.0 Å². The predicted molar refractivity (Wildman–Crippen MR) is 92.5 cm³/mol. The molecule has 3 rings (SSSR count). The molecule has 1 heterocycles. The zero-order chi connectivity index (χ0) is 18.7. The fourth-order valence-corrected chi connectivity index (χ4v) is 2.77. The highest BCUT2D eigenvalue weighted by Crippen LogP contribution is 2.39. The Hall–Kier alpha value is -2.96. The van der Waals surface area contributed by atoms with E-state index in [0.717, 1.165) is 17.8 Å². The highest BCUT2D eigenvalue weighted by molar-refractivity contribution is 5.86. The molecule has 2 aromatic rings. The lowest BCUT2D eigenvalue weighted by Gasteiger charge is -2.36. The first-order chi connectivity index (χ1) is 12.4. The predicted octanol–water partition coefficient (Wildman–Crippen LogP) is 3.91.